The first-order valence-corrected chi connectivity index (χ1v) is 6.27. The number of nitro benzene ring substituents is 1. The van der Waals surface area contributed by atoms with Crippen LogP contribution in [0.3, 0.4) is 0 Å². The topological polar surface area (TPSA) is 78.2 Å². The molecule has 0 atom stereocenters. The van der Waals surface area contributed by atoms with E-state index in [4.69, 9.17) is 27.9 Å². The fourth-order valence-electron chi connectivity index (χ4n) is 1.51. The van der Waals surface area contributed by atoms with E-state index in [1.807, 2.05) is 0 Å². The molecule has 0 bridgehead atoms. The van der Waals surface area contributed by atoms with Gasteiger partial charge in [-0.15, -0.1) is 0 Å². The number of para-hydroxylation sites is 1. The smallest absolute Gasteiger partial charge is 0.313 e. The Bertz CT molecular complexity index is 692. The fourth-order valence-corrected chi connectivity index (χ4v) is 1.92. The number of benzene rings is 1. The molecule has 0 N–H and O–H groups in total. The van der Waals surface area contributed by atoms with Crippen LogP contribution in [0.5, 0.6) is 11.6 Å². The molecule has 1 aromatic heterocycles. The minimum absolute atomic E-state index is 0.0727. The van der Waals surface area contributed by atoms with Crippen LogP contribution in [0.1, 0.15) is 11.4 Å². The first-order chi connectivity index (χ1) is 9.40. The molecule has 0 aliphatic heterocycles. The van der Waals surface area contributed by atoms with Crippen molar-refractivity contribution in [2.75, 3.05) is 0 Å². The van der Waals surface area contributed by atoms with Gasteiger partial charge in [0.2, 0.25) is 11.6 Å². The Morgan fingerprint density at radius 2 is 1.95 bits per heavy atom. The van der Waals surface area contributed by atoms with Gasteiger partial charge in [0.05, 0.1) is 9.95 Å². The molecule has 0 saturated heterocycles. The lowest BCUT2D eigenvalue weighted by Crippen LogP contribution is -2.00. The third-order valence-corrected chi connectivity index (χ3v) is 3.16. The van der Waals surface area contributed by atoms with Crippen LogP contribution >= 0.6 is 23.2 Å². The summed E-state index contributed by atoms with van der Waals surface area (Å²) in [6.45, 7) is 3.29. The molecule has 2 rings (SSSR count). The molecule has 0 unspecified atom stereocenters. The van der Waals surface area contributed by atoms with E-state index in [1.165, 1.54) is 18.2 Å². The number of ether oxygens (including phenoxy) is 1. The number of nitrogens with zero attached hydrogens (tertiary/aromatic N) is 3. The Morgan fingerprint density at radius 1 is 1.25 bits per heavy atom. The van der Waals surface area contributed by atoms with Gasteiger partial charge in [-0.25, -0.2) is 4.98 Å². The number of rotatable bonds is 3. The van der Waals surface area contributed by atoms with E-state index in [0.717, 1.165) is 0 Å². The molecule has 20 heavy (non-hydrogen) atoms. The van der Waals surface area contributed by atoms with Gasteiger partial charge >= 0.3 is 5.69 Å². The zero-order valence-corrected chi connectivity index (χ0v) is 12.1. The lowest BCUT2D eigenvalue weighted by atomic mass is 10.3. The summed E-state index contributed by atoms with van der Waals surface area (Å²) in [6.07, 6.45) is 0. The Labute approximate surface area is 124 Å². The van der Waals surface area contributed by atoms with Crippen LogP contribution in [-0.4, -0.2) is 14.9 Å². The van der Waals surface area contributed by atoms with Gasteiger partial charge in [0, 0.05) is 11.6 Å². The monoisotopic (exact) mass is 313 g/mol. The molecule has 6 nitrogen and oxygen atoms in total. The standard InChI is InChI=1S/C12H9Cl2N3O3/c1-6-11(14)15-7(2)16-12(6)20-10-8(13)4-3-5-9(10)17(18)19/h3-5H,1-2H3. The molecular weight excluding hydrogens is 305 g/mol. The van der Waals surface area contributed by atoms with Gasteiger partial charge in [0.1, 0.15) is 11.0 Å². The predicted molar refractivity (Wildman–Crippen MR) is 74.7 cm³/mol. The molecule has 1 heterocycles. The average Bonchev–Trinajstić information content (AvgIpc) is 2.37. The van der Waals surface area contributed by atoms with Crippen LogP contribution in [0.25, 0.3) is 0 Å². The Morgan fingerprint density at radius 3 is 2.60 bits per heavy atom. The molecule has 104 valence electrons. The largest absolute Gasteiger partial charge is 0.430 e. The molecule has 8 heteroatoms. The molecule has 1 aromatic carbocycles. The second-order valence-electron chi connectivity index (χ2n) is 3.94. The second kappa shape index (κ2) is 5.60. The zero-order valence-electron chi connectivity index (χ0n) is 10.6. The van der Waals surface area contributed by atoms with Gasteiger partial charge in [0.25, 0.3) is 0 Å². The molecule has 2 aromatic rings. The Kier molecular flexibility index (Phi) is 4.06. The first-order valence-electron chi connectivity index (χ1n) is 5.51. The van der Waals surface area contributed by atoms with Crippen LogP contribution in [0, 0.1) is 24.0 Å². The predicted octanol–water partition coefficient (Wildman–Crippen LogP) is 4.10. The van der Waals surface area contributed by atoms with Gasteiger partial charge in [0.15, 0.2) is 0 Å². The highest BCUT2D eigenvalue weighted by atomic mass is 35.5. The van der Waals surface area contributed by atoms with Crippen LogP contribution < -0.4 is 4.74 Å². The van der Waals surface area contributed by atoms with Crippen molar-refractivity contribution in [1.29, 1.82) is 0 Å². The highest BCUT2D eigenvalue weighted by Crippen LogP contribution is 2.38. The Balaban J connectivity index is 2.53. The lowest BCUT2D eigenvalue weighted by molar-refractivity contribution is -0.385. The molecule has 0 saturated carbocycles. The minimum atomic E-state index is -0.577. The van der Waals surface area contributed by atoms with Gasteiger partial charge in [-0.2, -0.15) is 4.98 Å². The summed E-state index contributed by atoms with van der Waals surface area (Å²) >= 11 is 11.9. The maximum Gasteiger partial charge on any atom is 0.313 e. The van der Waals surface area contributed by atoms with Crippen molar-refractivity contribution < 1.29 is 9.66 Å². The third kappa shape index (κ3) is 2.81. The molecule has 0 fully saturated rings. The third-order valence-electron chi connectivity index (χ3n) is 2.50. The first kappa shape index (κ1) is 14.5. The molecule has 0 aliphatic carbocycles. The summed E-state index contributed by atoms with van der Waals surface area (Å²) in [6, 6.07) is 4.26. The molecule has 0 spiro atoms. The number of halogens is 2. The molecule has 0 aliphatic rings. The van der Waals surface area contributed by atoms with Crippen molar-refractivity contribution in [3.8, 4) is 11.6 Å². The van der Waals surface area contributed by atoms with E-state index in [0.29, 0.717) is 11.4 Å². The highest BCUT2D eigenvalue weighted by Gasteiger charge is 2.21. The Hall–Kier alpha value is -1.92. The summed E-state index contributed by atoms with van der Waals surface area (Å²) in [4.78, 5) is 18.4. The quantitative estimate of drug-likeness (QED) is 0.484. The van der Waals surface area contributed by atoms with Crippen molar-refractivity contribution >= 4 is 28.9 Å². The van der Waals surface area contributed by atoms with Crippen molar-refractivity contribution in [2.45, 2.75) is 13.8 Å². The van der Waals surface area contributed by atoms with E-state index in [1.54, 1.807) is 13.8 Å². The molecular formula is C12H9Cl2N3O3. The number of aryl methyl sites for hydroxylation is 1. The lowest BCUT2D eigenvalue weighted by Gasteiger charge is -2.10. The minimum Gasteiger partial charge on any atom is -0.430 e. The average molecular weight is 314 g/mol. The van der Waals surface area contributed by atoms with Gasteiger partial charge in [-0.05, 0) is 19.9 Å². The number of aromatic nitrogens is 2. The van der Waals surface area contributed by atoms with Crippen molar-refractivity contribution in [1.82, 2.24) is 9.97 Å². The van der Waals surface area contributed by atoms with E-state index < -0.39 is 4.92 Å². The maximum atomic E-state index is 11.0. The number of hydrogen-bond donors (Lipinski definition) is 0. The summed E-state index contributed by atoms with van der Waals surface area (Å²) in [5, 5.41) is 11.3. The zero-order chi connectivity index (χ0) is 14.9. The number of hydrogen-bond acceptors (Lipinski definition) is 5. The van der Waals surface area contributed by atoms with E-state index in [-0.39, 0.29) is 27.5 Å². The highest BCUT2D eigenvalue weighted by molar-refractivity contribution is 6.32. The summed E-state index contributed by atoms with van der Waals surface area (Å²) in [5.41, 5.74) is 0.232. The van der Waals surface area contributed by atoms with Gasteiger partial charge < -0.3 is 4.74 Å². The van der Waals surface area contributed by atoms with E-state index >= 15 is 0 Å². The molecule has 0 radical (unpaired) electrons. The fraction of sp³-hybridized carbons (Fsp3) is 0.167. The van der Waals surface area contributed by atoms with Gasteiger partial charge in [-0.3, -0.25) is 10.1 Å². The van der Waals surface area contributed by atoms with E-state index in [9.17, 15) is 10.1 Å². The van der Waals surface area contributed by atoms with Crippen molar-refractivity contribution in [3.05, 3.63) is 49.9 Å². The number of nitro groups is 1. The van der Waals surface area contributed by atoms with Crippen LogP contribution in [0.2, 0.25) is 10.2 Å². The maximum absolute atomic E-state index is 11.0. The normalized spacial score (nSPS) is 10.4. The van der Waals surface area contributed by atoms with Gasteiger partial charge in [-0.1, -0.05) is 29.3 Å². The van der Waals surface area contributed by atoms with Crippen LogP contribution in [-0.2, 0) is 0 Å². The van der Waals surface area contributed by atoms with Crippen molar-refractivity contribution in [3.63, 3.8) is 0 Å². The summed E-state index contributed by atoms with van der Waals surface area (Å²) in [5.74, 6) is 0.459. The second-order valence-corrected chi connectivity index (χ2v) is 4.70. The van der Waals surface area contributed by atoms with E-state index in [2.05, 4.69) is 9.97 Å². The van der Waals surface area contributed by atoms with Crippen LogP contribution in [0.4, 0.5) is 5.69 Å². The van der Waals surface area contributed by atoms with Crippen molar-refractivity contribution in [2.24, 2.45) is 0 Å². The SMILES string of the molecule is Cc1nc(Cl)c(C)c(Oc2c(Cl)cccc2[N+](=O)[O-])n1. The summed E-state index contributed by atoms with van der Waals surface area (Å²) in [7, 11) is 0. The van der Waals surface area contributed by atoms with Crippen LogP contribution in [0.15, 0.2) is 18.2 Å². The summed E-state index contributed by atoms with van der Waals surface area (Å²) < 4.78 is 5.48. The molecule has 0 amide bonds.